The Hall–Kier alpha value is -5.44. The summed E-state index contributed by atoms with van der Waals surface area (Å²) in [5.41, 5.74) is 9.00. The van der Waals surface area contributed by atoms with Crippen LogP contribution in [0.5, 0.6) is 0 Å². The smallest absolute Gasteiger partial charge is 0.253 e. The van der Waals surface area contributed by atoms with E-state index in [1.54, 1.807) is 24.5 Å². The number of aliphatic hydroxyl groups excluding tert-OH is 1. The first-order valence-corrected chi connectivity index (χ1v) is 17.8. The first kappa shape index (κ1) is 35.0. The SMILES string of the molecule is O=C(NCc1ccccc1-c1ccc([C@H]2O[C@@H](CN(Cc3ccccc3)Cc3ccccc3)C[C@@H](c3ccc(CO)cc3)O2)cc1)c1cccnc1. The molecule has 0 radical (unpaired) electrons. The van der Waals surface area contributed by atoms with E-state index in [4.69, 9.17) is 9.47 Å². The van der Waals surface area contributed by atoms with E-state index in [1.165, 1.54) is 11.1 Å². The third kappa shape index (κ3) is 9.07. The zero-order chi connectivity index (χ0) is 35.5. The molecule has 1 amide bonds. The fraction of sp³-hybridized carbons (Fsp3) is 0.200. The van der Waals surface area contributed by atoms with Crippen molar-refractivity contribution in [2.75, 3.05) is 6.54 Å². The fourth-order valence-corrected chi connectivity index (χ4v) is 6.74. The zero-order valence-corrected chi connectivity index (χ0v) is 29.1. The molecule has 2 heterocycles. The highest BCUT2D eigenvalue weighted by atomic mass is 16.7. The lowest BCUT2D eigenvalue weighted by atomic mass is 9.97. The monoisotopic (exact) mass is 689 g/mol. The highest BCUT2D eigenvalue weighted by Crippen LogP contribution is 2.39. The number of hydrogen-bond donors (Lipinski definition) is 2. The molecule has 1 aromatic heterocycles. The van der Waals surface area contributed by atoms with Crippen LogP contribution >= 0.6 is 0 Å². The summed E-state index contributed by atoms with van der Waals surface area (Å²) in [5, 5.41) is 12.7. The molecule has 6 aromatic rings. The van der Waals surface area contributed by atoms with Gasteiger partial charge in [0.05, 0.1) is 24.4 Å². The number of hydrogen-bond acceptors (Lipinski definition) is 6. The predicted molar refractivity (Wildman–Crippen MR) is 203 cm³/mol. The summed E-state index contributed by atoms with van der Waals surface area (Å²) in [6.45, 7) is 2.72. The molecule has 5 aromatic carbocycles. The van der Waals surface area contributed by atoms with Crippen LogP contribution in [0.3, 0.4) is 0 Å². The van der Waals surface area contributed by atoms with Gasteiger partial charge in [0.1, 0.15) is 0 Å². The Morgan fingerprint density at radius 1 is 0.712 bits per heavy atom. The van der Waals surface area contributed by atoms with E-state index in [0.717, 1.165) is 53.0 Å². The van der Waals surface area contributed by atoms with Crippen molar-refractivity contribution < 1.29 is 19.4 Å². The van der Waals surface area contributed by atoms with Crippen LogP contribution in [0.15, 0.2) is 158 Å². The van der Waals surface area contributed by atoms with Crippen LogP contribution in [-0.2, 0) is 35.7 Å². The van der Waals surface area contributed by atoms with Gasteiger partial charge in [-0.25, -0.2) is 0 Å². The van der Waals surface area contributed by atoms with Crippen LogP contribution < -0.4 is 5.32 Å². The molecule has 2 N–H and O–H groups in total. The summed E-state index contributed by atoms with van der Waals surface area (Å²) in [4.78, 5) is 19.2. The number of pyridine rings is 1. The molecule has 1 aliphatic heterocycles. The third-order valence-corrected chi connectivity index (χ3v) is 9.45. The molecule has 1 saturated heterocycles. The summed E-state index contributed by atoms with van der Waals surface area (Å²) in [6, 6.07) is 49.1. The van der Waals surface area contributed by atoms with Crippen molar-refractivity contribution in [2.45, 2.75) is 51.2 Å². The Balaban J connectivity index is 1.11. The molecule has 0 unspecified atom stereocenters. The molecule has 7 nitrogen and oxygen atoms in total. The van der Waals surface area contributed by atoms with Gasteiger partial charge in [-0.3, -0.25) is 14.7 Å². The quantitative estimate of drug-likeness (QED) is 0.127. The van der Waals surface area contributed by atoms with Crippen molar-refractivity contribution in [3.8, 4) is 11.1 Å². The second-order valence-corrected chi connectivity index (χ2v) is 13.2. The lowest BCUT2D eigenvalue weighted by molar-refractivity contribution is -0.253. The first-order chi connectivity index (χ1) is 25.6. The number of aromatic nitrogens is 1. The summed E-state index contributed by atoms with van der Waals surface area (Å²) >= 11 is 0. The predicted octanol–water partition coefficient (Wildman–Crippen LogP) is 8.42. The number of benzene rings is 5. The maximum atomic E-state index is 12.7. The Morgan fingerprint density at radius 3 is 2.02 bits per heavy atom. The van der Waals surface area contributed by atoms with E-state index < -0.39 is 6.29 Å². The van der Waals surface area contributed by atoms with Gasteiger partial charge in [0.25, 0.3) is 5.91 Å². The molecule has 7 rings (SSSR count). The van der Waals surface area contributed by atoms with Gasteiger partial charge in [-0.1, -0.05) is 133 Å². The standard InChI is InChI=1S/C45H43N3O4/c49-32-35-17-19-37(20-18-35)43-26-41(31-48(29-33-10-3-1-4-11-33)30-34-12-5-2-6-13-34)51-45(52-43)38-23-21-36(22-24-38)42-16-8-7-14-39(42)28-47-44(50)40-15-9-25-46-27-40/h1-25,27,41,43,45,49H,26,28-32H2,(H,47,50)/t41-,43+,45+/m1/s1. The minimum Gasteiger partial charge on any atom is -0.392 e. The molecule has 52 heavy (non-hydrogen) atoms. The average Bonchev–Trinajstić information content (AvgIpc) is 3.21. The Morgan fingerprint density at radius 2 is 1.37 bits per heavy atom. The number of amides is 1. The Kier molecular flexibility index (Phi) is 11.6. The second kappa shape index (κ2) is 17.2. The molecular weight excluding hydrogens is 647 g/mol. The van der Waals surface area contributed by atoms with Crippen molar-refractivity contribution in [1.29, 1.82) is 0 Å². The lowest BCUT2D eigenvalue weighted by Gasteiger charge is -2.38. The average molecular weight is 690 g/mol. The molecular formula is C45H43N3O4. The van der Waals surface area contributed by atoms with Gasteiger partial charge in [0.15, 0.2) is 6.29 Å². The summed E-state index contributed by atoms with van der Waals surface area (Å²) < 4.78 is 13.5. The minimum atomic E-state index is -0.570. The van der Waals surface area contributed by atoms with E-state index in [9.17, 15) is 9.90 Å². The number of aliphatic hydroxyl groups is 1. The van der Waals surface area contributed by atoms with Crippen LogP contribution in [-0.4, -0.2) is 33.5 Å². The van der Waals surface area contributed by atoms with Gasteiger partial charge in [0, 0.05) is 50.6 Å². The molecule has 1 fully saturated rings. The number of rotatable bonds is 13. The summed E-state index contributed by atoms with van der Waals surface area (Å²) in [6.07, 6.45) is 3.07. The van der Waals surface area contributed by atoms with E-state index in [-0.39, 0.29) is 24.7 Å². The van der Waals surface area contributed by atoms with Gasteiger partial charge >= 0.3 is 0 Å². The van der Waals surface area contributed by atoms with E-state index in [0.29, 0.717) is 18.5 Å². The number of nitrogens with one attached hydrogen (secondary N) is 1. The topological polar surface area (TPSA) is 83.9 Å². The minimum absolute atomic E-state index is 0.000447. The normalized spacial score (nSPS) is 17.2. The van der Waals surface area contributed by atoms with Gasteiger partial charge in [0.2, 0.25) is 0 Å². The third-order valence-electron chi connectivity index (χ3n) is 9.45. The van der Waals surface area contributed by atoms with Gasteiger partial charge in [-0.05, 0) is 51.1 Å². The van der Waals surface area contributed by atoms with Crippen LogP contribution in [0.25, 0.3) is 11.1 Å². The largest absolute Gasteiger partial charge is 0.392 e. The fourth-order valence-electron chi connectivity index (χ4n) is 6.74. The van der Waals surface area contributed by atoms with Crippen molar-refractivity contribution >= 4 is 5.91 Å². The van der Waals surface area contributed by atoms with E-state index in [1.807, 2.05) is 30.3 Å². The maximum absolute atomic E-state index is 12.7. The van der Waals surface area contributed by atoms with Crippen LogP contribution in [0.2, 0.25) is 0 Å². The van der Waals surface area contributed by atoms with Crippen molar-refractivity contribution in [1.82, 2.24) is 15.2 Å². The van der Waals surface area contributed by atoms with E-state index in [2.05, 4.69) is 118 Å². The van der Waals surface area contributed by atoms with Crippen molar-refractivity contribution in [3.63, 3.8) is 0 Å². The summed E-state index contributed by atoms with van der Waals surface area (Å²) in [5.74, 6) is -0.161. The first-order valence-electron chi connectivity index (χ1n) is 17.8. The Bertz CT molecular complexity index is 1960. The second-order valence-electron chi connectivity index (χ2n) is 13.2. The number of carbonyl (C=O) groups excluding carboxylic acids is 1. The molecule has 3 atom stereocenters. The Labute approximate surface area is 305 Å². The molecule has 7 heteroatoms. The van der Waals surface area contributed by atoms with Crippen LogP contribution in [0, 0.1) is 0 Å². The number of ether oxygens (including phenoxy) is 2. The van der Waals surface area contributed by atoms with E-state index >= 15 is 0 Å². The summed E-state index contributed by atoms with van der Waals surface area (Å²) in [7, 11) is 0. The molecule has 0 aliphatic carbocycles. The maximum Gasteiger partial charge on any atom is 0.253 e. The van der Waals surface area contributed by atoms with Crippen molar-refractivity contribution in [3.05, 3.63) is 197 Å². The molecule has 0 spiro atoms. The van der Waals surface area contributed by atoms with Gasteiger partial charge in [-0.15, -0.1) is 0 Å². The molecule has 262 valence electrons. The van der Waals surface area contributed by atoms with Crippen molar-refractivity contribution in [2.24, 2.45) is 0 Å². The lowest BCUT2D eigenvalue weighted by Crippen LogP contribution is -2.39. The molecule has 0 saturated carbocycles. The zero-order valence-electron chi connectivity index (χ0n) is 29.1. The highest BCUT2D eigenvalue weighted by Gasteiger charge is 2.33. The van der Waals surface area contributed by atoms with Gasteiger partial charge < -0.3 is 19.9 Å². The van der Waals surface area contributed by atoms with Crippen LogP contribution in [0.4, 0.5) is 0 Å². The number of nitrogens with zero attached hydrogens (tertiary/aromatic N) is 2. The molecule has 0 bridgehead atoms. The van der Waals surface area contributed by atoms with Gasteiger partial charge in [-0.2, -0.15) is 0 Å². The highest BCUT2D eigenvalue weighted by molar-refractivity contribution is 5.93. The number of carbonyl (C=O) groups is 1. The van der Waals surface area contributed by atoms with Crippen LogP contribution in [0.1, 0.15) is 62.6 Å². The molecule has 1 aliphatic rings.